The number of carbonyl (C=O) groups excluding carboxylic acids is 2. The Morgan fingerprint density at radius 1 is 1.70 bits per heavy atom. The molecule has 114 valence electrons. The molecule has 2 aliphatic rings. The highest BCUT2D eigenvalue weighted by Crippen LogP contribution is 2.37. The SMILES string of the molecule is CCN1C(CN[C@H](C(N)=O)[C@@H](C)O)CCC12CNC2=O. The van der Waals surface area contributed by atoms with E-state index in [-0.39, 0.29) is 17.5 Å². The van der Waals surface area contributed by atoms with E-state index in [0.29, 0.717) is 13.1 Å². The fourth-order valence-corrected chi connectivity index (χ4v) is 3.40. The summed E-state index contributed by atoms with van der Waals surface area (Å²) < 4.78 is 0. The fourth-order valence-electron chi connectivity index (χ4n) is 3.40. The molecular formula is C13H24N4O3. The molecule has 7 heteroatoms. The lowest BCUT2D eigenvalue weighted by Crippen LogP contribution is -2.71. The number of nitrogens with two attached hydrogens (primary N) is 1. The molecule has 2 rings (SSSR count). The Kier molecular flexibility index (Phi) is 4.31. The van der Waals surface area contributed by atoms with Crippen molar-refractivity contribution in [3.8, 4) is 0 Å². The monoisotopic (exact) mass is 284 g/mol. The van der Waals surface area contributed by atoms with E-state index in [0.717, 1.165) is 19.4 Å². The zero-order valence-corrected chi connectivity index (χ0v) is 12.1. The zero-order chi connectivity index (χ0) is 14.9. The number of rotatable bonds is 6. The van der Waals surface area contributed by atoms with Crippen molar-refractivity contribution in [3.05, 3.63) is 0 Å². The van der Waals surface area contributed by atoms with E-state index < -0.39 is 18.1 Å². The quantitative estimate of drug-likeness (QED) is 0.429. The third kappa shape index (κ3) is 2.41. The van der Waals surface area contributed by atoms with Gasteiger partial charge < -0.3 is 21.5 Å². The summed E-state index contributed by atoms with van der Waals surface area (Å²) >= 11 is 0. The Hall–Kier alpha value is -1.18. The molecule has 0 bridgehead atoms. The van der Waals surface area contributed by atoms with Gasteiger partial charge >= 0.3 is 0 Å². The second kappa shape index (κ2) is 5.67. The average molecular weight is 284 g/mol. The molecule has 0 aliphatic carbocycles. The molecule has 2 saturated heterocycles. The Bertz CT molecular complexity index is 401. The largest absolute Gasteiger partial charge is 0.391 e. The lowest BCUT2D eigenvalue weighted by atomic mass is 9.88. The van der Waals surface area contributed by atoms with Crippen molar-refractivity contribution >= 4 is 11.8 Å². The highest BCUT2D eigenvalue weighted by molar-refractivity contribution is 5.93. The summed E-state index contributed by atoms with van der Waals surface area (Å²) in [5.41, 5.74) is 4.91. The molecule has 5 N–H and O–H groups in total. The van der Waals surface area contributed by atoms with Gasteiger partial charge in [-0.15, -0.1) is 0 Å². The van der Waals surface area contributed by atoms with Crippen LogP contribution in [0.5, 0.6) is 0 Å². The van der Waals surface area contributed by atoms with Crippen molar-refractivity contribution in [2.45, 2.75) is 50.4 Å². The molecule has 20 heavy (non-hydrogen) atoms. The number of likely N-dealkylation sites (tertiary alicyclic amines) is 1. The zero-order valence-electron chi connectivity index (χ0n) is 12.1. The van der Waals surface area contributed by atoms with Crippen molar-refractivity contribution < 1.29 is 14.7 Å². The summed E-state index contributed by atoms with van der Waals surface area (Å²) in [6, 6.07) is -0.563. The van der Waals surface area contributed by atoms with E-state index in [4.69, 9.17) is 5.73 Å². The molecule has 2 fully saturated rings. The van der Waals surface area contributed by atoms with Crippen LogP contribution in [0, 0.1) is 0 Å². The van der Waals surface area contributed by atoms with Crippen LogP contribution in [0.2, 0.25) is 0 Å². The number of primary amides is 1. The van der Waals surface area contributed by atoms with Crippen LogP contribution in [0.3, 0.4) is 0 Å². The number of aliphatic hydroxyl groups is 1. The second-order valence-corrected chi connectivity index (χ2v) is 5.72. The fraction of sp³-hybridized carbons (Fsp3) is 0.846. The number of hydrogen-bond acceptors (Lipinski definition) is 5. The lowest BCUT2D eigenvalue weighted by molar-refractivity contribution is -0.142. The van der Waals surface area contributed by atoms with Gasteiger partial charge in [0.15, 0.2) is 0 Å². The maximum atomic E-state index is 11.8. The highest BCUT2D eigenvalue weighted by Gasteiger charge is 2.56. The number of carbonyl (C=O) groups is 2. The van der Waals surface area contributed by atoms with Gasteiger partial charge in [-0.05, 0) is 26.3 Å². The molecule has 4 atom stereocenters. The maximum absolute atomic E-state index is 11.8. The molecular weight excluding hydrogens is 260 g/mol. The van der Waals surface area contributed by atoms with Gasteiger partial charge in [0.25, 0.3) is 0 Å². The number of aliphatic hydroxyl groups excluding tert-OH is 1. The third-order valence-corrected chi connectivity index (χ3v) is 4.55. The number of nitrogens with zero attached hydrogens (tertiary/aromatic N) is 1. The molecule has 0 aromatic rings. The van der Waals surface area contributed by atoms with Crippen LogP contribution < -0.4 is 16.4 Å². The van der Waals surface area contributed by atoms with Gasteiger partial charge in [0.2, 0.25) is 11.8 Å². The average Bonchev–Trinajstić information content (AvgIpc) is 2.77. The predicted molar refractivity (Wildman–Crippen MR) is 73.8 cm³/mol. The van der Waals surface area contributed by atoms with Crippen molar-refractivity contribution in [3.63, 3.8) is 0 Å². The first-order valence-electron chi connectivity index (χ1n) is 7.18. The summed E-state index contributed by atoms with van der Waals surface area (Å²) in [5, 5.41) is 15.4. The van der Waals surface area contributed by atoms with E-state index in [1.807, 2.05) is 6.92 Å². The number of hydrogen-bond donors (Lipinski definition) is 4. The normalized spacial score (nSPS) is 32.8. The predicted octanol–water partition coefficient (Wildman–Crippen LogP) is -1.84. The van der Waals surface area contributed by atoms with Gasteiger partial charge in [-0.2, -0.15) is 0 Å². The highest BCUT2D eigenvalue weighted by atomic mass is 16.3. The molecule has 2 amide bonds. The van der Waals surface area contributed by atoms with Crippen LogP contribution in [0.25, 0.3) is 0 Å². The standard InChI is InChI=1S/C13H24N4O3/c1-3-17-9(4-5-13(17)7-16-12(13)20)6-15-10(8(2)18)11(14)19/h8-10,15,18H,3-7H2,1-2H3,(H2,14,19)(H,16,20)/t8-,9?,10+,13?/m1/s1. The number of amides is 2. The van der Waals surface area contributed by atoms with Crippen LogP contribution in [-0.2, 0) is 9.59 Å². The molecule has 0 aromatic carbocycles. The van der Waals surface area contributed by atoms with Crippen molar-refractivity contribution in [1.29, 1.82) is 0 Å². The van der Waals surface area contributed by atoms with Crippen LogP contribution in [0.4, 0.5) is 0 Å². The molecule has 0 saturated carbocycles. The maximum Gasteiger partial charge on any atom is 0.242 e. The van der Waals surface area contributed by atoms with E-state index >= 15 is 0 Å². The van der Waals surface area contributed by atoms with E-state index in [9.17, 15) is 14.7 Å². The van der Waals surface area contributed by atoms with Gasteiger partial charge in [0.1, 0.15) is 11.6 Å². The Morgan fingerprint density at radius 2 is 2.40 bits per heavy atom. The first-order chi connectivity index (χ1) is 9.42. The molecule has 0 radical (unpaired) electrons. The summed E-state index contributed by atoms with van der Waals surface area (Å²) in [5.74, 6) is -0.457. The van der Waals surface area contributed by atoms with Crippen LogP contribution in [0.15, 0.2) is 0 Å². The van der Waals surface area contributed by atoms with E-state index in [1.165, 1.54) is 6.92 Å². The summed E-state index contributed by atoms with van der Waals surface area (Å²) in [6.07, 6.45) is 0.916. The molecule has 1 spiro atoms. The van der Waals surface area contributed by atoms with Gasteiger partial charge in [-0.1, -0.05) is 6.92 Å². The number of β-lactam (4-membered cyclic amide) rings is 1. The van der Waals surface area contributed by atoms with Crippen LogP contribution in [-0.4, -0.2) is 65.2 Å². The van der Waals surface area contributed by atoms with Crippen molar-refractivity contribution in [2.24, 2.45) is 5.73 Å². The van der Waals surface area contributed by atoms with Gasteiger partial charge in [0.05, 0.1) is 6.10 Å². The summed E-state index contributed by atoms with van der Waals surface area (Å²) in [6.45, 7) is 5.60. The van der Waals surface area contributed by atoms with Crippen molar-refractivity contribution in [1.82, 2.24) is 15.5 Å². The lowest BCUT2D eigenvalue weighted by Gasteiger charge is -2.46. The number of likely N-dealkylation sites (N-methyl/N-ethyl adjacent to an activating group) is 1. The van der Waals surface area contributed by atoms with Crippen LogP contribution >= 0.6 is 0 Å². The molecule has 0 aromatic heterocycles. The first kappa shape index (κ1) is 15.2. The summed E-state index contributed by atoms with van der Waals surface area (Å²) in [7, 11) is 0. The molecule has 2 aliphatic heterocycles. The minimum atomic E-state index is -0.829. The topological polar surface area (TPSA) is 108 Å². The second-order valence-electron chi connectivity index (χ2n) is 5.72. The minimum Gasteiger partial charge on any atom is -0.391 e. The van der Waals surface area contributed by atoms with Gasteiger partial charge in [-0.25, -0.2) is 0 Å². The van der Waals surface area contributed by atoms with E-state index in [2.05, 4.69) is 15.5 Å². The minimum absolute atomic E-state index is 0.101. The Morgan fingerprint density at radius 3 is 2.80 bits per heavy atom. The molecule has 7 nitrogen and oxygen atoms in total. The van der Waals surface area contributed by atoms with Gasteiger partial charge in [-0.3, -0.25) is 14.5 Å². The molecule has 2 unspecified atom stereocenters. The van der Waals surface area contributed by atoms with Crippen LogP contribution in [0.1, 0.15) is 26.7 Å². The van der Waals surface area contributed by atoms with Gasteiger partial charge in [0, 0.05) is 19.1 Å². The van der Waals surface area contributed by atoms with Crippen molar-refractivity contribution in [2.75, 3.05) is 19.6 Å². The number of nitrogens with one attached hydrogen (secondary N) is 2. The third-order valence-electron chi connectivity index (χ3n) is 4.55. The first-order valence-corrected chi connectivity index (χ1v) is 7.18. The summed E-state index contributed by atoms with van der Waals surface area (Å²) in [4.78, 5) is 25.3. The Balaban J connectivity index is 1.97. The smallest absolute Gasteiger partial charge is 0.242 e. The Labute approximate surface area is 118 Å². The van der Waals surface area contributed by atoms with E-state index in [1.54, 1.807) is 0 Å². The molecule has 2 heterocycles.